The first-order valence-corrected chi connectivity index (χ1v) is 6.57. The van der Waals surface area contributed by atoms with Crippen LogP contribution in [0.5, 0.6) is 0 Å². The Morgan fingerprint density at radius 1 is 1.47 bits per heavy atom. The van der Waals surface area contributed by atoms with Crippen LogP contribution in [-0.4, -0.2) is 18.5 Å². The quantitative estimate of drug-likeness (QED) is 0.597. The van der Waals surface area contributed by atoms with E-state index in [0.717, 1.165) is 13.0 Å². The monoisotopic (exact) mass is 243 g/mol. The lowest BCUT2D eigenvalue weighted by molar-refractivity contribution is 0.584. The summed E-state index contributed by atoms with van der Waals surface area (Å²) in [6.45, 7) is 5.26. The second-order valence-electron chi connectivity index (χ2n) is 3.65. The highest BCUT2D eigenvalue weighted by molar-refractivity contribution is 7.11. The molecular formula is C12H18ClNS. The molecule has 1 nitrogen and oxygen atoms in total. The number of rotatable bonds is 6. The molecule has 0 spiro atoms. The van der Waals surface area contributed by atoms with Gasteiger partial charge in [0.15, 0.2) is 0 Å². The molecule has 1 heterocycles. The summed E-state index contributed by atoms with van der Waals surface area (Å²) in [4.78, 5) is 2.84. The molecule has 0 bridgehead atoms. The summed E-state index contributed by atoms with van der Waals surface area (Å²) in [6.07, 6.45) is 5.15. The van der Waals surface area contributed by atoms with E-state index in [4.69, 9.17) is 11.6 Å². The van der Waals surface area contributed by atoms with Crippen molar-refractivity contribution in [1.82, 2.24) is 5.32 Å². The van der Waals surface area contributed by atoms with Crippen molar-refractivity contribution in [3.05, 3.63) is 34.0 Å². The lowest BCUT2D eigenvalue weighted by Crippen LogP contribution is -2.27. The number of halogens is 1. The Balaban J connectivity index is 2.24. The Kier molecular flexibility index (Phi) is 5.99. The molecule has 0 aliphatic rings. The molecule has 0 aliphatic heterocycles. The number of alkyl halides is 1. The molecule has 1 atom stereocenters. The van der Waals surface area contributed by atoms with Gasteiger partial charge in [-0.3, -0.25) is 0 Å². The maximum atomic E-state index is 5.54. The third-order valence-electron chi connectivity index (χ3n) is 2.14. The van der Waals surface area contributed by atoms with E-state index in [-0.39, 0.29) is 0 Å². The van der Waals surface area contributed by atoms with Gasteiger partial charge in [-0.05, 0) is 32.4 Å². The highest BCUT2D eigenvalue weighted by Gasteiger charge is 2.03. The lowest BCUT2D eigenvalue weighted by atomic mass is 10.2. The van der Waals surface area contributed by atoms with Gasteiger partial charge in [-0.15, -0.1) is 22.9 Å². The molecule has 0 fully saturated rings. The third-order valence-corrected chi connectivity index (χ3v) is 3.34. The van der Waals surface area contributed by atoms with Crippen LogP contribution < -0.4 is 5.32 Å². The summed E-state index contributed by atoms with van der Waals surface area (Å²) in [5.41, 5.74) is 0. The van der Waals surface area contributed by atoms with Crippen LogP contribution in [0.25, 0.3) is 0 Å². The Labute approximate surface area is 101 Å². The molecule has 1 N–H and O–H groups in total. The minimum Gasteiger partial charge on any atom is -0.310 e. The van der Waals surface area contributed by atoms with Gasteiger partial charge in [-0.2, -0.15) is 0 Å². The van der Waals surface area contributed by atoms with Crippen LogP contribution >= 0.6 is 22.9 Å². The first-order chi connectivity index (χ1) is 7.22. The maximum Gasteiger partial charge on any atom is 0.0404 e. The standard InChI is InChI=1S/C12H18ClNS/c1-10(14-8-4-3-7-13)9-12-6-5-11(2)15-12/h3-6,10,14H,7-9H2,1-2H3/b4-3+. The summed E-state index contributed by atoms with van der Waals surface area (Å²) in [5, 5.41) is 3.44. The Morgan fingerprint density at radius 3 is 2.87 bits per heavy atom. The predicted octanol–water partition coefficient (Wildman–Crippen LogP) is 3.37. The van der Waals surface area contributed by atoms with Gasteiger partial charge in [-0.1, -0.05) is 12.2 Å². The molecule has 0 saturated heterocycles. The zero-order chi connectivity index (χ0) is 11.1. The number of allylic oxidation sites excluding steroid dienone is 1. The Morgan fingerprint density at radius 2 is 2.27 bits per heavy atom. The third kappa shape index (κ3) is 5.36. The number of aryl methyl sites for hydroxylation is 1. The van der Waals surface area contributed by atoms with Gasteiger partial charge in [0.2, 0.25) is 0 Å². The van der Waals surface area contributed by atoms with E-state index in [0.29, 0.717) is 11.9 Å². The zero-order valence-corrected chi connectivity index (χ0v) is 10.9. The van der Waals surface area contributed by atoms with E-state index >= 15 is 0 Å². The van der Waals surface area contributed by atoms with Gasteiger partial charge in [0.05, 0.1) is 0 Å². The molecule has 84 valence electrons. The van der Waals surface area contributed by atoms with Crippen molar-refractivity contribution >= 4 is 22.9 Å². The van der Waals surface area contributed by atoms with E-state index in [9.17, 15) is 0 Å². The molecule has 0 aliphatic carbocycles. The van der Waals surface area contributed by atoms with Gasteiger partial charge in [0.1, 0.15) is 0 Å². The summed E-state index contributed by atoms with van der Waals surface area (Å²) in [6, 6.07) is 4.91. The Hall–Kier alpha value is -0.310. The fraction of sp³-hybridized carbons (Fsp3) is 0.500. The van der Waals surface area contributed by atoms with Crippen molar-refractivity contribution in [2.24, 2.45) is 0 Å². The van der Waals surface area contributed by atoms with Gasteiger partial charge in [0.25, 0.3) is 0 Å². The van der Waals surface area contributed by atoms with Crippen molar-refractivity contribution in [3.8, 4) is 0 Å². The number of thiophene rings is 1. The molecule has 0 saturated carbocycles. The van der Waals surface area contributed by atoms with Crippen LogP contribution in [0.1, 0.15) is 16.7 Å². The number of hydrogen-bond acceptors (Lipinski definition) is 2. The van der Waals surface area contributed by atoms with E-state index in [1.807, 2.05) is 17.4 Å². The summed E-state index contributed by atoms with van der Waals surface area (Å²) >= 11 is 7.42. The van der Waals surface area contributed by atoms with Gasteiger partial charge in [0, 0.05) is 28.2 Å². The molecule has 0 radical (unpaired) electrons. The van der Waals surface area contributed by atoms with Gasteiger partial charge >= 0.3 is 0 Å². The molecule has 0 aromatic carbocycles. The highest BCUT2D eigenvalue weighted by atomic mass is 35.5. The summed E-state index contributed by atoms with van der Waals surface area (Å²) in [5.74, 6) is 0.597. The second-order valence-corrected chi connectivity index (χ2v) is 5.33. The fourth-order valence-corrected chi connectivity index (χ4v) is 2.53. The molecule has 15 heavy (non-hydrogen) atoms. The lowest BCUT2D eigenvalue weighted by Gasteiger charge is -2.10. The molecule has 1 aromatic rings. The summed E-state index contributed by atoms with van der Waals surface area (Å²) < 4.78 is 0. The van der Waals surface area contributed by atoms with Crippen LogP contribution in [0.3, 0.4) is 0 Å². The van der Waals surface area contributed by atoms with Crippen molar-refractivity contribution in [2.75, 3.05) is 12.4 Å². The maximum absolute atomic E-state index is 5.54. The first-order valence-electron chi connectivity index (χ1n) is 5.22. The molecule has 3 heteroatoms. The topological polar surface area (TPSA) is 12.0 Å². The zero-order valence-electron chi connectivity index (χ0n) is 9.29. The Bertz CT molecular complexity index is 306. The van der Waals surface area contributed by atoms with Crippen LogP contribution in [0.4, 0.5) is 0 Å². The number of nitrogens with one attached hydrogen (secondary N) is 1. The molecular weight excluding hydrogens is 226 g/mol. The van der Waals surface area contributed by atoms with Crippen LogP contribution in [0, 0.1) is 6.92 Å². The predicted molar refractivity (Wildman–Crippen MR) is 70.1 cm³/mol. The van der Waals surface area contributed by atoms with Crippen LogP contribution in [0.15, 0.2) is 24.3 Å². The van der Waals surface area contributed by atoms with Crippen LogP contribution in [0.2, 0.25) is 0 Å². The van der Waals surface area contributed by atoms with Crippen molar-refractivity contribution in [1.29, 1.82) is 0 Å². The van der Waals surface area contributed by atoms with Crippen LogP contribution in [-0.2, 0) is 6.42 Å². The normalized spacial score (nSPS) is 13.5. The molecule has 1 aromatic heterocycles. The van der Waals surface area contributed by atoms with Crippen molar-refractivity contribution < 1.29 is 0 Å². The average molecular weight is 244 g/mol. The van der Waals surface area contributed by atoms with Crippen molar-refractivity contribution in [3.63, 3.8) is 0 Å². The summed E-state index contributed by atoms with van der Waals surface area (Å²) in [7, 11) is 0. The fourth-order valence-electron chi connectivity index (χ4n) is 1.38. The van der Waals surface area contributed by atoms with Crippen molar-refractivity contribution in [2.45, 2.75) is 26.3 Å². The van der Waals surface area contributed by atoms with E-state index in [2.05, 4.69) is 37.4 Å². The number of hydrogen-bond donors (Lipinski definition) is 1. The molecule has 1 rings (SSSR count). The van der Waals surface area contributed by atoms with E-state index in [1.165, 1.54) is 9.75 Å². The molecule has 0 amide bonds. The highest BCUT2D eigenvalue weighted by Crippen LogP contribution is 2.16. The average Bonchev–Trinajstić information content (AvgIpc) is 2.59. The van der Waals surface area contributed by atoms with E-state index < -0.39 is 0 Å². The molecule has 1 unspecified atom stereocenters. The minimum atomic E-state index is 0.517. The smallest absolute Gasteiger partial charge is 0.0404 e. The van der Waals surface area contributed by atoms with Gasteiger partial charge in [-0.25, -0.2) is 0 Å². The van der Waals surface area contributed by atoms with Gasteiger partial charge < -0.3 is 5.32 Å². The SMILES string of the molecule is Cc1ccc(CC(C)NC/C=C/CCl)s1. The second kappa shape index (κ2) is 7.04. The van der Waals surface area contributed by atoms with E-state index in [1.54, 1.807) is 0 Å². The largest absolute Gasteiger partial charge is 0.310 e. The first kappa shape index (κ1) is 12.8. The minimum absolute atomic E-state index is 0.517.